The average molecular weight is 434 g/mol. The van der Waals surface area contributed by atoms with Gasteiger partial charge < -0.3 is 48.5 Å². The number of ether oxygens (including phenoxy) is 1. The van der Waals surface area contributed by atoms with E-state index in [2.05, 4.69) is 18.1 Å². The molecular formula is C5H11Na2O14P3-2. The van der Waals surface area contributed by atoms with Crippen LogP contribution < -0.4 is 9.79 Å². The Bertz CT molecular complexity index is 531. The molecule has 0 spiro atoms. The van der Waals surface area contributed by atoms with E-state index in [4.69, 9.17) is 14.7 Å². The van der Waals surface area contributed by atoms with Crippen molar-refractivity contribution < 1.29 is 66.5 Å². The fourth-order valence-corrected chi connectivity index (χ4v) is 3.38. The van der Waals surface area contributed by atoms with Crippen molar-refractivity contribution in [3.63, 3.8) is 0 Å². The van der Waals surface area contributed by atoms with Crippen LogP contribution in [0.3, 0.4) is 0 Å². The van der Waals surface area contributed by atoms with Crippen LogP contribution in [0.1, 0.15) is 0 Å². The molecule has 0 aromatic carbocycles. The fourth-order valence-electron chi connectivity index (χ4n) is 1.39. The van der Waals surface area contributed by atoms with Gasteiger partial charge in [0.05, 0.1) is 14.4 Å². The van der Waals surface area contributed by atoms with Gasteiger partial charge in [-0.2, -0.15) is 4.31 Å². The van der Waals surface area contributed by atoms with Gasteiger partial charge in [-0.15, -0.1) is 0 Å². The van der Waals surface area contributed by atoms with Gasteiger partial charge in [-0.1, -0.05) is 0 Å². The summed E-state index contributed by atoms with van der Waals surface area (Å²) in [6.45, 7) is -1.03. The van der Waals surface area contributed by atoms with Crippen molar-refractivity contribution in [2.45, 2.75) is 24.6 Å². The Hall–Kier alpha value is 2.25. The molecule has 1 aliphatic rings. The zero-order chi connectivity index (χ0) is 17.3. The number of hydrogen-bond donors (Lipinski definition) is 5. The van der Waals surface area contributed by atoms with Crippen LogP contribution in [0.15, 0.2) is 0 Å². The minimum Gasteiger partial charge on any atom is -0.790 e. The minimum absolute atomic E-state index is 0. The summed E-state index contributed by atoms with van der Waals surface area (Å²) in [5, 5.41) is 18.9. The normalized spacial score (nSPS) is 30.1. The van der Waals surface area contributed by atoms with Gasteiger partial charge in [0.1, 0.15) is 18.3 Å². The molecule has 0 bridgehead atoms. The first-order chi connectivity index (χ1) is 9.70. The van der Waals surface area contributed by atoms with Gasteiger partial charge in [-0.05, 0) is 0 Å². The smallest absolute Gasteiger partial charge is 0.483 e. The first kappa shape index (κ1) is 28.5. The summed E-state index contributed by atoms with van der Waals surface area (Å²) in [6, 6.07) is 0. The standard InChI is InChI=1S/C5H13O14P3.2Na/c6-3-2(1-16-20(8,9)10)17-5(4(3)7)18-22(14,15)19-21(11,12)13;;/h2-7H,1H2,(H,14,15)(H2,8,9,10)(H2,11,12,13);;/p-2/t2-,3-,4-,5-;;/m1../s1. The Labute approximate surface area is 179 Å². The van der Waals surface area contributed by atoms with Crippen LogP contribution in [0, 0.1) is 0 Å². The van der Waals surface area contributed by atoms with Crippen LogP contribution in [0.2, 0.25) is 0 Å². The molecule has 0 saturated carbocycles. The second kappa shape index (κ2) is 10.7. The van der Waals surface area contributed by atoms with Crippen molar-refractivity contribution in [1.29, 1.82) is 0 Å². The number of hydrogen-bond acceptors (Lipinski definition) is 11. The van der Waals surface area contributed by atoms with Crippen molar-refractivity contribution in [2.24, 2.45) is 0 Å². The second-order valence-electron chi connectivity index (χ2n) is 3.91. The third-order valence-corrected chi connectivity index (χ3v) is 4.78. The fraction of sp³-hybridized carbons (Fsp3) is 1.00. The SMILES string of the molecule is O=P([O-])([O-])OC[C@H]1O[C@H](OP(=O)(O)OP(=O)(O)O)[C@H](O)[C@@H]1O.[Na].[Na]. The third-order valence-electron chi connectivity index (χ3n) is 2.16. The summed E-state index contributed by atoms with van der Waals surface area (Å²) < 4.78 is 47.9. The van der Waals surface area contributed by atoms with Crippen LogP contribution in [-0.4, -0.2) is 115 Å². The van der Waals surface area contributed by atoms with E-state index < -0.39 is 54.7 Å². The van der Waals surface area contributed by atoms with Crippen molar-refractivity contribution in [3.05, 3.63) is 0 Å². The summed E-state index contributed by atoms with van der Waals surface area (Å²) in [5.74, 6) is 0. The third kappa shape index (κ3) is 10.5. The van der Waals surface area contributed by atoms with E-state index in [9.17, 15) is 33.7 Å². The molecule has 1 fully saturated rings. The average Bonchev–Trinajstić information content (AvgIpc) is 2.49. The van der Waals surface area contributed by atoms with Crippen LogP contribution >= 0.6 is 23.5 Å². The second-order valence-corrected chi connectivity index (χ2v) is 7.85. The van der Waals surface area contributed by atoms with E-state index in [0.29, 0.717) is 0 Å². The number of rotatable bonds is 7. The minimum atomic E-state index is -5.41. The number of aliphatic hydroxyl groups is 2. The van der Waals surface area contributed by atoms with E-state index in [1.165, 1.54) is 0 Å². The molecule has 1 saturated heterocycles. The number of phosphoric ester groups is 2. The summed E-state index contributed by atoms with van der Waals surface area (Å²) in [7, 11) is -16.2. The first-order valence-electron chi connectivity index (χ1n) is 5.16. The van der Waals surface area contributed by atoms with E-state index in [1.807, 2.05) is 0 Å². The maximum Gasteiger partial charge on any atom is 0.483 e. The predicted molar refractivity (Wildman–Crippen MR) is 69.8 cm³/mol. The number of aliphatic hydroxyl groups excluding tert-OH is 2. The molecule has 24 heavy (non-hydrogen) atoms. The van der Waals surface area contributed by atoms with Crippen LogP contribution in [0.4, 0.5) is 0 Å². The molecule has 5 atom stereocenters. The monoisotopic (exact) mass is 434 g/mol. The zero-order valence-electron chi connectivity index (χ0n) is 12.3. The van der Waals surface area contributed by atoms with Crippen LogP contribution in [0.25, 0.3) is 0 Å². The zero-order valence-corrected chi connectivity index (χ0v) is 19.0. The van der Waals surface area contributed by atoms with Gasteiger partial charge in [-0.25, -0.2) is 9.13 Å². The van der Waals surface area contributed by atoms with Gasteiger partial charge >= 0.3 is 15.6 Å². The topological polar surface area (TPSA) is 235 Å². The summed E-state index contributed by atoms with van der Waals surface area (Å²) in [6.07, 6.45) is -7.64. The molecule has 134 valence electrons. The molecule has 5 N–H and O–H groups in total. The Balaban J connectivity index is 0. The molecule has 0 aliphatic carbocycles. The van der Waals surface area contributed by atoms with E-state index in [-0.39, 0.29) is 59.1 Å². The summed E-state index contributed by atoms with van der Waals surface area (Å²) in [5.41, 5.74) is 0. The molecule has 0 aromatic heterocycles. The van der Waals surface area contributed by atoms with Crippen molar-refractivity contribution in [3.8, 4) is 0 Å². The Morgan fingerprint density at radius 1 is 1.00 bits per heavy atom. The maximum absolute atomic E-state index is 11.2. The van der Waals surface area contributed by atoms with Gasteiger partial charge in [0.25, 0.3) is 0 Å². The van der Waals surface area contributed by atoms with Gasteiger partial charge in [0.2, 0.25) is 0 Å². The van der Waals surface area contributed by atoms with Gasteiger partial charge in [0.15, 0.2) is 6.29 Å². The van der Waals surface area contributed by atoms with E-state index in [0.717, 1.165) is 0 Å². The first-order valence-corrected chi connectivity index (χ1v) is 9.65. The maximum atomic E-state index is 11.2. The number of phosphoric acid groups is 3. The molecule has 2 radical (unpaired) electrons. The molecule has 1 heterocycles. The molecule has 14 nitrogen and oxygen atoms in total. The molecule has 1 rings (SSSR count). The van der Waals surface area contributed by atoms with Crippen molar-refractivity contribution in [2.75, 3.05) is 6.61 Å². The molecular weight excluding hydrogens is 423 g/mol. The van der Waals surface area contributed by atoms with Crippen LogP contribution in [0.5, 0.6) is 0 Å². The molecule has 0 aromatic rings. The quantitative estimate of drug-likeness (QED) is 0.189. The largest absolute Gasteiger partial charge is 0.790 e. The summed E-state index contributed by atoms with van der Waals surface area (Å²) in [4.78, 5) is 46.3. The van der Waals surface area contributed by atoms with Gasteiger partial charge in [-0.3, -0.25) is 4.52 Å². The van der Waals surface area contributed by atoms with Crippen molar-refractivity contribution >= 4 is 82.6 Å². The van der Waals surface area contributed by atoms with E-state index in [1.54, 1.807) is 0 Å². The van der Waals surface area contributed by atoms with Crippen molar-refractivity contribution in [1.82, 2.24) is 0 Å². The van der Waals surface area contributed by atoms with Crippen LogP contribution in [-0.2, 0) is 31.8 Å². The Kier molecular flexibility index (Phi) is 12.7. The summed E-state index contributed by atoms with van der Waals surface area (Å²) >= 11 is 0. The van der Waals surface area contributed by atoms with Gasteiger partial charge in [0, 0.05) is 59.1 Å². The predicted octanol–water partition coefficient (Wildman–Crippen LogP) is -4.26. The Morgan fingerprint density at radius 2 is 1.50 bits per heavy atom. The molecule has 0 amide bonds. The molecule has 19 heteroatoms. The molecule has 1 unspecified atom stereocenters. The molecule has 1 aliphatic heterocycles. The van der Waals surface area contributed by atoms with E-state index >= 15 is 0 Å². The Morgan fingerprint density at radius 3 is 1.92 bits per heavy atom.